The van der Waals surface area contributed by atoms with Crippen molar-refractivity contribution in [2.24, 2.45) is 0 Å². The highest BCUT2D eigenvalue weighted by Crippen LogP contribution is 2.11. The fraction of sp³-hybridized carbons (Fsp3) is 0.167. The van der Waals surface area contributed by atoms with Crippen LogP contribution in [0.2, 0.25) is 0 Å². The molecule has 0 N–H and O–H groups in total. The Bertz CT molecular complexity index is 610. The van der Waals surface area contributed by atoms with Gasteiger partial charge in [-0.15, -0.1) is 0 Å². The summed E-state index contributed by atoms with van der Waals surface area (Å²) in [6.07, 6.45) is 2.98. The third-order valence-corrected chi connectivity index (χ3v) is 3.25. The fourth-order valence-electron chi connectivity index (χ4n) is 1.53. The van der Waals surface area contributed by atoms with Gasteiger partial charge in [-0.05, 0) is 52.8 Å². The average Bonchev–Trinajstić information content (AvgIpc) is 2.30. The number of hydrogen-bond donors (Lipinski definition) is 0. The second-order valence-electron chi connectivity index (χ2n) is 3.75. The van der Waals surface area contributed by atoms with Gasteiger partial charge in [0.1, 0.15) is 5.82 Å². The van der Waals surface area contributed by atoms with Crippen molar-refractivity contribution in [3.8, 4) is 0 Å². The Kier molecular flexibility index (Phi) is 3.56. The SMILES string of the molecule is Cc1ccc(F)cc1Cn1cncc(I)c1=O. The van der Waals surface area contributed by atoms with Crippen molar-refractivity contribution in [3.63, 3.8) is 0 Å². The van der Waals surface area contributed by atoms with Gasteiger partial charge < -0.3 is 0 Å². The van der Waals surface area contributed by atoms with Gasteiger partial charge in [-0.1, -0.05) is 6.07 Å². The van der Waals surface area contributed by atoms with E-state index in [-0.39, 0.29) is 11.4 Å². The quantitative estimate of drug-likeness (QED) is 0.784. The molecule has 0 aliphatic rings. The summed E-state index contributed by atoms with van der Waals surface area (Å²) in [5.41, 5.74) is 1.64. The van der Waals surface area contributed by atoms with Gasteiger partial charge in [0.25, 0.3) is 5.56 Å². The van der Waals surface area contributed by atoms with E-state index in [9.17, 15) is 9.18 Å². The molecule has 0 bridgehead atoms. The topological polar surface area (TPSA) is 34.9 Å². The summed E-state index contributed by atoms with van der Waals surface area (Å²) in [5, 5.41) is 0. The van der Waals surface area contributed by atoms with Crippen LogP contribution in [0.5, 0.6) is 0 Å². The highest BCUT2D eigenvalue weighted by molar-refractivity contribution is 14.1. The molecule has 0 fully saturated rings. The van der Waals surface area contributed by atoms with Gasteiger partial charge in [-0.2, -0.15) is 0 Å². The fourth-order valence-corrected chi connectivity index (χ4v) is 2.00. The maximum atomic E-state index is 13.1. The Balaban J connectivity index is 2.41. The first kappa shape index (κ1) is 12.2. The lowest BCUT2D eigenvalue weighted by Gasteiger charge is -2.08. The van der Waals surface area contributed by atoms with Crippen LogP contribution in [0.1, 0.15) is 11.1 Å². The zero-order valence-electron chi connectivity index (χ0n) is 9.15. The van der Waals surface area contributed by atoms with Crippen molar-refractivity contribution in [1.29, 1.82) is 0 Å². The molecule has 0 spiro atoms. The van der Waals surface area contributed by atoms with Crippen molar-refractivity contribution < 1.29 is 4.39 Å². The third kappa shape index (κ3) is 2.71. The van der Waals surface area contributed by atoms with E-state index in [0.29, 0.717) is 10.1 Å². The van der Waals surface area contributed by atoms with Crippen molar-refractivity contribution in [3.05, 3.63) is 61.6 Å². The summed E-state index contributed by atoms with van der Waals surface area (Å²) in [6, 6.07) is 4.56. The van der Waals surface area contributed by atoms with Crippen molar-refractivity contribution >= 4 is 22.6 Å². The molecule has 0 radical (unpaired) electrons. The Hall–Kier alpha value is -1.24. The van der Waals surface area contributed by atoms with Crippen molar-refractivity contribution in [2.45, 2.75) is 13.5 Å². The van der Waals surface area contributed by atoms with E-state index in [2.05, 4.69) is 4.98 Å². The molecule has 0 saturated carbocycles. The molecule has 0 aliphatic carbocycles. The molecule has 17 heavy (non-hydrogen) atoms. The molecular weight excluding hydrogens is 334 g/mol. The molecule has 1 aromatic carbocycles. The number of halogens is 2. The Morgan fingerprint density at radius 1 is 1.47 bits per heavy atom. The van der Waals surface area contributed by atoms with Crippen LogP contribution >= 0.6 is 22.6 Å². The number of rotatable bonds is 2. The summed E-state index contributed by atoms with van der Waals surface area (Å²) >= 11 is 1.94. The standard InChI is InChI=1S/C12H10FIN2O/c1-8-2-3-10(13)4-9(8)6-16-7-15-5-11(14)12(16)17/h2-5,7H,6H2,1H3. The van der Waals surface area contributed by atoms with Crippen LogP contribution in [-0.4, -0.2) is 9.55 Å². The van der Waals surface area contributed by atoms with Gasteiger partial charge in [0.15, 0.2) is 0 Å². The maximum absolute atomic E-state index is 13.1. The predicted molar refractivity (Wildman–Crippen MR) is 71.5 cm³/mol. The van der Waals surface area contributed by atoms with Crippen LogP contribution < -0.4 is 5.56 Å². The molecule has 0 atom stereocenters. The predicted octanol–water partition coefficient (Wildman–Crippen LogP) is 2.34. The van der Waals surface area contributed by atoms with E-state index in [1.165, 1.54) is 29.2 Å². The second-order valence-corrected chi connectivity index (χ2v) is 4.91. The normalized spacial score (nSPS) is 10.5. The lowest BCUT2D eigenvalue weighted by atomic mass is 10.1. The number of aromatic nitrogens is 2. The summed E-state index contributed by atoms with van der Waals surface area (Å²) < 4.78 is 15.2. The van der Waals surface area contributed by atoms with Crippen LogP contribution in [0.3, 0.4) is 0 Å². The molecule has 1 heterocycles. The van der Waals surface area contributed by atoms with Crippen LogP contribution in [0.4, 0.5) is 4.39 Å². The smallest absolute Gasteiger partial charge is 0.267 e. The van der Waals surface area contributed by atoms with E-state index in [1.807, 2.05) is 29.5 Å². The lowest BCUT2D eigenvalue weighted by molar-refractivity contribution is 0.621. The first-order chi connectivity index (χ1) is 8.08. The first-order valence-corrected chi connectivity index (χ1v) is 6.11. The second kappa shape index (κ2) is 4.95. The van der Waals surface area contributed by atoms with Gasteiger partial charge in [-0.25, -0.2) is 9.37 Å². The van der Waals surface area contributed by atoms with Crippen LogP contribution in [0, 0.1) is 16.3 Å². The minimum Gasteiger partial charge on any atom is -0.294 e. The van der Waals surface area contributed by atoms with Crippen molar-refractivity contribution in [2.75, 3.05) is 0 Å². The number of hydrogen-bond acceptors (Lipinski definition) is 2. The van der Waals surface area contributed by atoms with Crippen molar-refractivity contribution in [1.82, 2.24) is 9.55 Å². The minimum atomic E-state index is -0.294. The Morgan fingerprint density at radius 3 is 3.00 bits per heavy atom. The molecule has 88 valence electrons. The number of nitrogens with zero attached hydrogens (tertiary/aromatic N) is 2. The first-order valence-electron chi connectivity index (χ1n) is 5.03. The third-order valence-electron chi connectivity index (χ3n) is 2.51. The van der Waals surface area contributed by atoms with Crippen LogP contribution in [0.15, 0.2) is 35.5 Å². The van der Waals surface area contributed by atoms with Gasteiger partial charge in [0.05, 0.1) is 16.4 Å². The zero-order chi connectivity index (χ0) is 12.4. The highest BCUT2D eigenvalue weighted by Gasteiger charge is 2.05. The van der Waals surface area contributed by atoms with E-state index < -0.39 is 0 Å². The molecule has 2 rings (SSSR count). The summed E-state index contributed by atoms with van der Waals surface area (Å²) in [6.45, 7) is 2.23. The van der Waals surface area contributed by atoms with E-state index in [1.54, 1.807) is 6.07 Å². The molecule has 0 unspecified atom stereocenters. The summed E-state index contributed by atoms with van der Waals surface area (Å²) in [7, 11) is 0. The van der Waals surface area contributed by atoms with Gasteiger partial charge >= 0.3 is 0 Å². The minimum absolute atomic E-state index is 0.107. The van der Waals surface area contributed by atoms with Gasteiger partial charge in [0.2, 0.25) is 0 Å². The van der Waals surface area contributed by atoms with E-state index >= 15 is 0 Å². The van der Waals surface area contributed by atoms with Crippen LogP contribution in [0.25, 0.3) is 0 Å². The van der Waals surface area contributed by atoms with E-state index in [0.717, 1.165) is 11.1 Å². The van der Waals surface area contributed by atoms with Crippen LogP contribution in [-0.2, 0) is 6.54 Å². The average molecular weight is 344 g/mol. The largest absolute Gasteiger partial charge is 0.294 e. The Labute approximate surface area is 111 Å². The maximum Gasteiger partial charge on any atom is 0.267 e. The molecule has 3 nitrogen and oxygen atoms in total. The Morgan fingerprint density at radius 2 is 2.24 bits per heavy atom. The van der Waals surface area contributed by atoms with E-state index in [4.69, 9.17) is 0 Å². The molecule has 1 aromatic heterocycles. The molecule has 0 saturated heterocycles. The number of benzene rings is 1. The van der Waals surface area contributed by atoms with Gasteiger partial charge in [0, 0.05) is 6.20 Å². The monoisotopic (exact) mass is 344 g/mol. The molecule has 2 aromatic rings. The number of aryl methyl sites for hydroxylation is 1. The lowest BCUT2D eigenvalue weighted by Crippen LogP contribution is -2.23. The summed E-state index contributed by atoms with van der Waals surface area (Å²) in [4.78, 5) is 15.7. The zero-order valence-corrected chi connectivity index (χ0v) is 11.3. The molecule has 5 heteroatoms. The highest BCUT2D eigenvalue weighted by atomic mass is 127. The molecular formula is C12H10FIN2O. The van der Waals surface area contributed by atoms with Gasteiger partial charge in [-0.3, -0.25) is 9.36 Å². The molecule has 0 amide bonds. The summed E-state index contributed by atoms with van der Waals surface area (Å²) in [5.74, 6) is -0.294. The molecule has 0 aliphatic heterocycles.